The lowest BCUT2D eigenvalue weighted by atomic mass is 9.77. The number of imidazole rings is 2. The van der Waals surface area contributed by atoms with E-state index in [2.05, 4.69) is 42.2 Å². The highest BCUT2D eigenvalue weighted by atomic mass is 32.7. The number of ether oxygens (including phenoxy) is 2. The molecule has 0 radical (unpaired) electrons. The standard InChI is InChI=1S/C20H25BN10O12P2S/c21-20-2-39-45(37,46)42-11-9(32)6(40-18(11)31-5-27-8-15(31)28-19(23)29-16(8)34)1-38-44(35,36)43-12(20)10(33)17(41-20)30-4-26-7-13(22)24-3-25-14(7)30/h3-6,9-12,17-18,32-33H,1-2,21H2,(H,35,36)(H,37,46)(H2,22,24,25)(H3,23,28,29,34)/t6?,9?,10?,11?,12?,17?,18?,20?,45-/m1/s1. The second kappa shape index (κ2) is 11.0. The first-order valence-electron chi connectivity index (χ1n) is 13.3. The van der Waals surface area contributed by atoms with Crippen molar-refractivity contribution in [2.75, 3.05) is 24.7 Å². The Bertz CT molecular complexity index is 2000. The second-order valence-electron chi connectivity index (χ2n) is 10.8. The van der Waals surface area contributed by atoms with E-state index in [1.165, 1.54) is 29.6 Å². The van der Waals surface area contributed by atoms with Crippen LogP contribution < -0.4 is 17.0 Å². The van der Waals surface area contributed by atoms with Crippen LogP contribution in [0.4, 0.5) is 11.8 Å². The van der Waals surface area contributed by atoms with E-state index >= 15 is 0 Å². The van der Waals surface area contributed by atoms with Gasteiger partial charge in [-0.2, -0.15) is 4.98 Å². The number of phosphoric ester groups is 1. The van der Waals surface area contributed by atoms with Crippen molar-refractivity contribution < 1.29 is 51.8 Å². The van der Waals surface area contributed by atoms with Crippen LogP contribution in [0.5, 0.6) is 0 Å². The highest BCUT2D eigenvalue weighted by Crippen LogP contribution is 2.59. The van der Waals surface area contributed by atoms with Gasteiger partial charge in [0.25, 0.3) is 5.56 Å². The van der Waals surface area contributed by atoms with Crippen molar-refractivity contribution in [3.8, 4) is 0 Å². The molecular formula is C20H25BN10O12P2S. The number of rotatable bonds is 2. The van der Waals surface area contributed by atoms with Gasteiger partial charge in [-0.25, -0.2) is 29.1 Å². The molecule has 0 saturated carbocycles. The number of fused-ring (bicyclic) bond motifs is 5. The molecule has 7 rings (SSSR count). The van der Waals surface area contributed by atoms with Gasteiger partial charge in [0.05, 0.1) is 31.4 Å². The zero-order chi connectivity index (χ0) is 32.8. The smallest absolute Gasteiger partial charge is 0.387 e. The number of nitrogens with zero attached hydrogens (tertiary/aromatic N) is 7. The van der Waals surface area contributed by atoms with Gasteiger partial charge in [0.15, 0.2) is 35.1 Å². The van der Waals surface area contributed by atoms with Gasteiger partial charge in [-0.3, -0.25) is 37.0 Å². The number of nitrogens with one attached hydrogen (secondary N) is 1. The van der Waals surface area contributed by atoms with Crippen molar-refractivity contribution in [1.82, 2.24) is 39.0 Å². The molecule has 22 nitrogen and oxygen atoms in total. The van der Waals surface area contributed by atoms with Crippen molar-refractivity contribution >= 4 is 68.8 Å². The number of aromatic amines is 1. The molecule has 0 spiro atoms. The Kier molecular flexibility index (Phi) is 7.59. The molecule has 2 bridgehead atoms. The van der Waals surface area contributed by atoms with Crippen LogP contribution in [0.1, 0.15) is 12.5 Å². The predicted octanol–water partition coefficient (Wildman–Crippen LogP) is -2.44. The average molecular weight is 702 g/mol. The van der Waals surface area contributed by atoms with Crippen LogP contribution in [-0.2, 0) is 36.7 Å². The number of hydrogen-bond donors (Lipinski definition) is 7. The fraction of sp³-hybridized carbons (Fsp3) is 0.500. The van der Waals surface area contributed by atoms with Gasteiger partial charge in [-0.1, -0.05) is 12.2 Å². The first kappa shape index (κ1) is 31.6. The molecule has 3 saturated heterocycles. The molecule has 0 aromatic carbocycles. The third-order valence-corrected chi connectivity index (χ3v) is 10.3. The molecule has 26 heteroatoms. The fourth-order valence-electron chi connectivity index (χ4n) is 5.55. The number of aromatic nitrogens is 8. The molecule has 3 fully saturated rings. The number of phosphoric acid groups is 1. The predicted molar refractivity (Wildman–Crippen MR) is 158 cm³/mol. The highest BCUT2D eigenvalue weighted by molar-refractivity contribution is 8.44. The first-order chi connectivity index (χ1) is 21.7. The van der Waals surface area contributed by atoms with Crippen molar-refractivity contribution in [1.29, 1.82) is 0 Å². The van der Waals surface area contributed by atoms with E-state index in [1.54, 1.807) is 0 Å². The van der Waals surface area contributed by atoms with Crippen LogP contribution in [0.15, 0.2) is 23.8 Å². The minimum Gasteiger partial charge on any atom is -0.387 e. The molecular weight excluding hydrogens is 677 g/mol. The Balaban J connectivity index is 1.23. The third-order valence-electron chi connectivity index (χ3n) is 7.71. The SMILES string of the molecule is BC12CO[P@@](=O)(S)OC3C(O)C(CO[P@@](=O)(O)OC1C(O)C(n1cnc4c(N)ncnc41)O2)OC3n1cnc2c(=O)[nH]c(N)nc21. The molecule has 3 aliphatic heterocycles. The van der Waals surface area contributed by atoms with E-state index in [0.717, 1.165) is 6.33 Å². The Morgan fingerprint density at radius 3 is 2.50 bits per heavy atom. The first-order valence-corrected chi connectivity index (χ1v) is 17.5. The molecule has 3 aliphatic rings. The number of anilines is 2. The summed E-state index contributed by atoms with van der Waals surface area (Å²) >= 11 is 4.08. The summed E-state index contributed by atoms with van der Waals surface area (Å²) in [6, 6.07) is 0. The van der Waals surface area contributed by atoms with E-state index in [-0.39, 0.29) is 34.1 Å². The summed E-state index contributed by atoms with van der Waals surface area (Å²) in [7, 11) is -3.71. The molecule has 8 N–H and O–H groups in total. The van der Waals surface area contributed by atoms with Crippen LogP contribution in [0, 0.1) is 0 Å². The van der Waals surface area contributed by atoms with Crippen LogP contribution in [0.25, 0.3) is 22.3 Å². The normalized spacial score (nSPS) is 38.7. The molecule has 246 valence electrons. The summed E-state index contributed by atoms with van der Waals surface area (Å²) in [6.07, 6.45) is -7.11. The molecule has 0 aliphatic carbocycles. The molecule has 8 unspecified atom stereocenters. The summed E-state index contributed by atoms with van der Waals surface area (Å²) in [5.41, 5.74) is 9.25. The monoisotopic (exact) mass is 702 g/mol. The molecule has 4 aromatic rings. The van der Waals surface area contributed by atoms with E-state index in [9.17, 15) is 29.0 Å². The number of nitrogen functional groups attached to an aromatic ring is 2. The van der Waals surface area contributed by atoms with Gasteiger partial charge in [0.2, 0.25) is 5.95 Å². The summed E-state index contributed by atoms with van der Waals surface area (Å²) in [6.45, 7) is -5.93. The lowest BCUT2D eigenvalue weighted by molar-refractivity contribution is -0.0790. The minimum absolute atomic E-state index is 0.0538. The van der Waals surface area contributed by atoms with Crippen molar-refractivity contribution in [2.45, 2.75) is 48.5 Å². The number of aliphatic hydroxyl groups excluding tert-OH is 2. The molecule has 0 amide bonds. The lowest BCUT2D eigenvalue weighted by Crippen LogP contribution is -2.48. The molecule has 7 heterocycles. The topological polar surface area (TPSA) is 309 Å². The Labute approximate surface area is 262 Å². The zero-order valence-electron chi connectivity index (χ0n) is 23.3. The summed E-state index contributed by atoms with van der Waals surface area (Å²) in [4.78, 5) is 45.6. The maximum Gasteiger partial charge on any atom is 0.472 e. The van der Waals surface area contributed by atoms with E-state index in [1.807, 2.05) is 0 Å². The van der Waals surface area contributed by atoms with Crippen LogP contribution in [0.3, 0.4) is 0 Å². The van der Waals surface area contributed by atoms with Gasteiger partial charge in [0.1, 0.15) is 50.2 Å². The molecule has 4 aromatic heterocycles. The number of H-pyrrole nitrogens is 1. The van der Waals surface area contributed by atoms with E-state index in [0.29, 0.717) is 0 Å². The van der Waals surface area contributed by atoms with Gasteiger partial charge in [-0.15, -0.1) is 0 Å². The maximum absolute atomic E-state index is 13.6. The average Bonchev–Trinajstić information content (AvgIpc) is 3.73. The Hall–Kier alpha value is -2.99. The minimum atomic E-state index is -5.06. The number of thiol groups is 1. The number of nitrogens with two attached hydrogens (primary N) is 2. The number of hydrogen-bond acceptors (Lipinski definition) is 18. The summed E-state index contributed by atoms with van der Waals surface area (Å²) in [5.74, 6) is -0.198. The molecule has 10 atom stereocenters. The summed E-state index contributed by atoms with van der Waals surface area (Å²) < 4.78 is 63.2. The number of aliphatic hydroxyl groups is 2. The van der Waals surface area contributed by atoms with Gasteiger partial charge in [0, 0.05) is 0 Å². The van der Waals surface area contributed by atoms with Crippen LogP contribution in [-0.4, -0.2) is 111 Å². The van der Waals surface area contributed by atoms with E-state index < -0.39 is 81.9 Å². The van der Waals surface area contributed by atoms with Crippen molar-refractivity contribution in [3.05, 3.63) is 29.3 Å². The van der Waals surface area contributed by atoms with E-state index in [4.69, 9.17) is 39.0 Å². The largest absolute Gasteiger partial charge is 0.472 e. The fourth-order valence-corrected chi connectivity index (χ4v) is 8.10. The van der Waals surface area contributed by atoms with Gasteiger partial charge >= 0.3 is 14.6 Å². The second-order valence-corrected chi connectivity index (χ2v) is 15.1. The van der Waals surface area contributed by atoms with Gasteiger partial charge in [-0.05, 0) is 0 Å². The van der Waals surface area contributed by atoms with Crippen molar-refractivity contribution in [2.24, 2.45) is 0 Å². The van der Waals surface area contributed by atoms with Crippen molar-refractivity contribution in [3.63, 3.8) is 0 Å². The zero-order valence-corrected chi connectivity index (χ0v) is 26.0. The lowest BCUT2D eigenvalue weighted by Gasteiger charge is -2.32. The molecule has 46 heavy (non-hydrogen) atoms. The Morgan fingerprint density at radius 1 is 1.02 bits per heavy atom. The quantitative estimate of drug-likeness (QED) is 0.0648. The Morgan fingerprint density at radius 2 is 1.74 bits per heavy atom. The van der Waals surface area contributed by atoms with Gasteiger partial charge < -0.3 is 36.0 Å². The third kappa shape index (κ3) is 5.33. The maximum atomic E-state index is 13.6. The van der Waals surface area contributed by atoms with Crippen LogP contribution in [0.2, 0.25) is 0 Å². The highest BCUT2D eigenvalue weighted by Gasteiger charge is 2.58. The van der Waals surface area contributed by atoms with Crippen LogP contribution >= 0.6 is 26.9 Å². The summed E-state index contributed by atoms with van der Waals surface area (Å²) in [5, 5.41) is 22.5.